The SMILES string of the molecule is CC(=O)N[C@H]1C(O)OC(CO)[C@@H](O)[C@@H]1O. The van der Waals surface area contributed by atoms with Gasteiger partial charge in [-0.1, -0.05) is 0 Å². The molecule has 1 amide bonds. The van der Waals surface area contributed by atoms with E-state index in [-0.39, 0.29) is 0 Å². The quantitative estimate of drug-likeness (QED) is 0.337. The summed E-state index contributed by atoms with van der Waals surface area (Å²) in [5.41, 5.74) is 0. The Kier molecular flexibility index (Phi) is 4.00. The second kappa shape index (κ2) is 4.86. The number of nitrogens with one attached hydrogen (secondary N) is 1. The van der Waals surface area contributed by atoms with Crippen molar-refractivity contribution in [3.63, 3.8) is 0 Å². The van der Waals surface area contributed by atoms with Crippen molar-refractivity contribution in [3.05, 3.63) is 0 Å². The molecule has 1 aliphatic heterocycles. The van der Waals surface area contributed by atoms with Gasteiger partial charge in [-0.25, -0.2) is 0 Å². The Morgan fingerprint density at radius 3 is 2.40 bits per heavy atom. The molecule has 0 aromatic rings. The molecule has 15 heavy (non-hydrogen) atoms. The molecule has 7 nitrogen and oxygen atoms in total. The highest BCUT2D eigenvalue weighted by molar-refractivity contribution is 5.73. The molecule has 5 N–H and O–H groups in total. The van der Waals surface area contributed by atoms with Gasteiger partial charge >= 0.3 is 0 Å². The predicted octanol–water partition coefficient (Wildman–Crippen LogP) is -3.08. The standard InChI is InChI=1S/C8H15NO6/c1-3(11)9-5-7(13)6(12)4(2-10)15-8(5)14/h4-8,10,12-14H,2H2,1H3,(H,9,11)/t4?,5-,6-,7-,8?/m1/s1. The smallest absolute Gasteiger partial charge is 0.217 e. The monoisotopic (exact) mass is 221 g/mol. The molecule has 1 aliphatic rings. The van der Waals surface area contributed by atoms with Crippen LogP contribution >= 0.6 is 0 Å². The van der Waals surface area contributed by atoms with E-state index in [9.17, 15) is 20.1 Å². The van der Waals surface area contributed by atoms with Crippen LogP contribution in [0.3, 0.4) is 0 Å². The molecule has 0 radical (unpaired) electrons. The Balaban J connectivity index is 2.70. The molecule has 0 aliphatic carbocycles. The van der Waals surface area contributed by atoms with Gasteiger partial charge in [0.1, 0.15) is 24.4 Å². The Morgan fingerprint density at radius 2 is 1.93 bits per heavy atom. The van der Waals surface area contributed by atoms with Crippen LogP contribution in [0.4, 0.5) is 0 Å². The average molecular weight is 221 g/mol. The van der Waals surface area contributed by atoms with Gasteiger partial charge in [0.25, 0.3) is 0 Å². The van der Waals surface area contributed by atoms with Crippen molar-refractivity contribution in [2.45, 2.75) is 37.6 Å². The highest BCUT2D eigenvalue weighted by Crippen LogP contribution is 2.19. The molecule has 0 aromatic heterocycles. The van der Waals surface area contributed by atoms with Gasteiger partial charge in [0.2, 0.25) is 5.91 Å². The first-order valence-corrected chi connectivity index (χ1v) is 4.55. The maximum atomic E-state index is 10.7. The third-order valence-electron chi connectivity index (χ3n) is 2.27. The van der Waals surface area contributed by atoms with Crippen LogP contribution in [-0.4, -0.2) is 63.6 Å². The first-order chi connectivity index (χ1) is 6.97. The number of aliphatic hydroxyl groups excluding tert-OH is 4. The summed E-state index contributed by atoms with van der Waals surface area (Å²) in [6.45, 7) is 0.687. The zero-order valence-electron chi connectivity index (χ0n) is 8.20. The third-order valence-corrected chi connectivity index (χ3v) is 2.27. The van der Waals surface area contributed by atoms with Gasteiger partial charge in [0.15, 0.2) is 6.29 Å². The molecule has 0 spiro atoms. The van der Waals surface area contributed by atoms with Crippen molar-refractivity contribution in [2.24, 2.45) is 0 Å². The van der Waals surface area contributed by atoms with Gasteiger partial charge in [-0.2, -0.15) is 0 Å². The summed E-state index contributed by atoms with van der Waals surface area (Å²) in [5.74, 6) is -0.462. The first kappa shape index (κ1) is 12.3. The molecular formula is C8H15NO6. The van der Waals surface area contributed by atoms with Crippen molar-refractivity contribution in [2.75, 3.05) is 6.61 Å². The second-order valence-corrected chi connectivity index (χ2v) is 3.46. The molecule has 2 unspecified atom stereocenters. The van der Waals surface area contributed by atoms with Gasteiger partial charge < -0.3 is 30.5 Å². The van der Waals surface area contributed by atoms with Crippen LogP contribution in [0, 0.1) is 0 Å². The van der Waals surface area contributed by atoms with Crippen LogP contribution in [0.5, 0.6) is 0 Å². The minimum Gasteiger partial charge on any atom is -0.394 e. The normalized spacial score (nSPS) is 41.3. The molecule has 88 valence electrons. The Morgan fingerprint density at radius 1 is 1.33 bits per heavy atom. The van der Waals surface area contributed by atoms with Gasteiger partial charge in [0.05, 0.1) is 6.61 Å². The highest BCUT2D eigenvalue weighted by Gasteiger charge is 2.43. The van der Waals surface area contributed by atoms with Gasteiger partial charge in [-0.05, 0) is 0 Å². The molecule has 1 rings (SSSR count). The number of amides is 1. The molecule has 1 fully saturated rings. The number of carbonyl (C=O) groups excluding carboxylic acids is 1. The van der Waals surface area contributed by atoms with Crippen LogP contribution in [-0.2, 0) is 9.53 Å². The number of rotatable bonds is 2. The van der Waals surface area contributed by atoms with E-state index in [2.05, 4.69) is 5.32 Å². The maximum absolute atomic E-state index is 10.7. The molecule has 0 bridgehead atoms. The summed E-state index contributed by atoms with van der Waals surface area (Å²) in [5, 5.41) is 39.4. The van der Waals surface area contributed by atoms with E-state index in [4.69, 9.17) is 9.84 Å². The van der Waals surface area contributed by atoms with E-state index < -0.39 is 43.2 Å². The van der Waals surface area contributed by atoms with Gasteiger partial charge in [0, 0.05) is 6.92 Å². The summed E-state index contributed by atoms with van der Waals surface area (Å²) in [6, 6.07) is -1.10. The Bertz CT molecular complexity index is 235. The van der Waals surface area contributed by atoms with E-state index >= 15 is 0 Å². The largest absolute Gasteiger partial charge is 0.394 e. The second-order valence-electron chi connectivity index (χ2n) is 3.46. The lowest BCUT2D eigenvalue weighted by Gasteiger charge is -2.40. The number of ether oxygens (including phenoxy) is 1. The minimum atomic E-state index is -1.45. The molecule has 5 atom stereocenters. The zero-order chi connectivity index (χ0) is 11.6. The molecule has 1 heterocycles. The third kappa shape index (κ3) is 2.64. The van der Waals surface area contributed by atoms with E-state index in [0.29, 0.717) is 0 Å². The van der Waals surface area contributed by atoms with Crippen molar-refractivity contribution >= 4 is 5.91 Å². The van der Waals surface area contributed by atoms with E-state index in [0.717, 1.165) is 0 Å². The topological polar surface area (TPSA) is 119 Å². The van der Waals surface area contributed by atoms with Crippen LogP contribution < -0.4 is 5.32 Å². The van der Waals surface area contributed by atoms with Crippen molar-refractivity contribution in [3.8, 4) is 0 Å². The van der Waals surface area contributed by atoms with Crippen molar-refractivity contribution in [1.29, 1.82) is 0 Å². The summed E-state index contributed by atoms with van der Waals surface area (Å²) >= 11 is 0. The number of aliphatic hydroxyl groups is 4. The lowest BCUT2D eigenvalue weighted by atomic mass is 9.97. The van der Waals surface area contributed by atoms with Crippen LogP contribution in [0.1, 0.15) is 6.92 Å². The van der Waals surface area contributed by atoms with Crippen LogP contribution in [0.2, 0.25) is 0 Å². The summed E-state index contributed by atoms with van der Waals surface area (Å²) in [4.78, 5) is 10.7. The van der Waals surface area contributed by atoms with E-state index in [1.807, 2.05) is 0 Å². The van der Waals surface area contributed by atoms with Crippen LogP contribution in [0.25, 0.3) is 0 Å². The number of hydrogen-bond acceptors (Lipinski definition) is 6. The fraction of sp³-hybridized carbons (Fsp3) is 0.875. The Labute approximate surface area is 86.3 Å². The number of carbonyl (C=O) groups is 1. The van der Waals surface area contributed by atoms with Gasteiger partial charge in [-0.15, -0.1) is 0 Å². The molecule has 7 heteroatoms. The van der Waals surface area contributed by atoms with Crippen molar-refractivity contribution < 1.29 is 30.0 Å². The summed E-state index contributed by atoms with van der Waals surface area (Å²) in [7, 11) is 0. The number of hydrogen-bond donors (Lipinski definition) is 5. The Hall–Kier alpha value is -0.730. The minimum absolute atomic E-state index is 0.462. The first-order valence-electron chi connectivity index (χ1n) is 4.55. The lowest BCUT2D eigenvalue weighted by Crippen LogP contribution is -2.63. The lowest BCUT2D eigenvalue weighted by molar-refractivity contribution is -0.253. The van der Waals surface area contributed by atoms with Crippen molar-refractivity contribution in [1.82, 2.24) is 5.32 Å². The highest BCUT2D eigenvalue weighted by atomic mass is 16.6. The van der Waals surface area contributed by atoms with E-state index in [1.54, 1.807) is 0 Å². The summed E-state index contributed by atoms with van der Waals surface area (Å²) in [6.07, 6.45) is -5.24. The summed E-state index contributed by atoms with van der Waals surface area (Å²) < 4.78 is 4.81. The fourth-order valence-electron chi connectivity index (χ4n) is 1.49. The van der Waals surface area contributed by atoms with E-state index in [1.165, 1.54) is 6.92 Å². The predicted molar refractivity (Wildman–Crippen MR) is 47.6 cm³/mol. The molecular weight excluding hydrogens is 206 g/mol. The molecule has 1 saturated heterocycles. The zero-order valence-corrected chi connectivity index (χ0v) is 8.20. The fourth-order valence-corrected chi connectivity index (χ4v) is 1.49. The van der Waals surface area contributed by atoms with Gasteiger partial charge in [-0.3, -0.25) is 4.79 Å². The molecule has 0 aromatic carbocycles. The molecule has 0 saturated carbocycles. The maximum Gasteiger partial charge on any atom is 0.217 e. The average Bonchev–Trinajstić information content (AvgIpc) is 2.18. The van der Waals surface area contributed by atoms with Crippen LogP contribution in [0.15, 0.2) is 0 Å².